The van der Waals surface area contributed by atoms with Crippen molar-refractivity contribution in [3.05, 3.63) is 70.6 Å². The van der Waals surface area contributed by atoms with Gasteiger partial charge in [0, 0.05) is 23.7 Å². The molecule has 0 radical (unpaired) electrons. The van der Waals surface area contributed by atoms with Crippen molar-refractivity contribution >= 4 is 50.9 Å². The van der Waals surface area contributed by atoms with Crippen molar-refractivity contribution in [2.45, 2.75) is 18.9 Å². The quantitative estimate of drug-likeness (QED) is 0.303. The summed E-state index contributed by atoms with van der Waals surface area (Å²) in [6.45, 7) is 3.77. The molecular weight excluding hydrogens is 442 g/mol. The molecule has 0 spiro atoms. The topological polar surface area (TPSA) is 83.4 Å². The number of amides is 1. The first-order valence-corrected chi connectivity index (χ1v) is 11.7. The minimum atomic E-state index is -0.988. The zero-order valence-corrected chi connectivity index (χ0v) is 19.5. The maximum atomic E-state index is 12.8. The van der Waals surface area contributed by atoms with Crippen molar-refractivity contribution in [2.24, 2.45) is 0 Å². The highest BCUT2D eigenvalue weighted by atomic mass is 32.2. The third kappa shape index (κ3) is 4.37. The summed E-state index contributed by atoms with van der Waals surface area (Å²) in [7, 11) is 1.74. The number of hydrogen-bond donors (Lipinski definition) is 1. The molecule has 0 bridgehead atoms. The SMILES string of the molecule is Cc1ccc(-c2nc(SCC(=O)N(C)c3ccccc3)c3c(C)c(C(=O)O)sc3n2)cc1. The smallest absolute Gasteiger partial charge is 0.346 e. The molecule has 0 aliphatic carbocycles. The van der Waals surface area contributed by atoms with Gasteiger partial charge in [-0.1, -0.05) is 59.8 Å². The molecule has 6 nitrogen and oxygen atoms in total. The number of fused-ring (bicyclic) bond motifs is 1. The van der Waals surface area contributed by atoms with Gasteiger partial charge in [-0.25, -0.2) is 14.8 Å². The van der Waals surface area contributed by atoms with Gasteiger partial charge in [-0.3, -0.25) is 4.79 Å². The van der Waals surface area contributed by atoms with E-state index in [1.54, 1.807) is 18.9 Å². The summed E-state index contributed by atoms with van der Waals surface area (Å²) in [5.74, 6) is -0.376. The summed E-state index contributed by atoms with van der Waals surface area (Å²) in [5, 5.41) is 10.9. The Morgan fingerprint density at radius 2 is 1.72 bits per heavy atom. The summed E-state index contributed by atoms with van der Waals surface area (Å²) in [6.07, 6.45) is 0. The number of benzene rings is 2. The third-order valence-electron chi connectivity index (χ3n) is 5.11. The predicted molar refractivity (Wildman–Crippen MR) is 130 cm³/mol. The van der Waals surface area contributed by atoms with E-state index in [-0.39, 0.29) is 16.5 Å². The first kappa shape index (κ1) is 22.0. The Hall–Kier alpha value is -3.23. The van der Waals surface area contributed by atoms with Crippen LogP contribution < -0.4 is 4.90 Å². The van der Waals surface area contributed by atoms with E-state index in [0.29, 0.717) is 26.6 Å². The summed E-state index contributed by atoms with van der Waals surface area (Å²) < 4.78 is 0. The van der Waals surface area contributed by atoms with Crippen LogP contribution in [0.5, 0.6) is 0 Å². The Bertz CT molecular complexity index is 1300. The summed E-state index contributed by atoms with van der Waals surface area (Å²) in [5.41, 5.74) is 3.40. The highest BCUT2D eigenvalue weighted by molar-refractivity contribution is 8.00. The second kappa shape index (κ2) is 9.10. The number of rotatable bonds is 6. The second-order valence-corrected chi connectivity index (χ2v) is 9.30. The van der Waals surface area contributed by atoms with Crippen LogP contribution in [0.1, 0.15) is 20.8 Å². The van der Waals surface area contributed by atoms with E-state index >= 15 is 0 Å². The number of carboxylic acid groups (broad SMARTS) is 1. The van der Waals surface area contributed by atoms with Gasteiger partial charge < -0.3 is 10.0 Å². The Balaban J connectivity index is 1.72. The molecule has 1 amide bonds. The molecule has 32 heavy (non-hydrogen) atoms. The van der Waals surface area contributed by atoms with Crippen molar-refractivity contribution in [1.82, 2.24) is 9.97 Å². The lowest BCUT2D eigenvalue weighted by molar-refractivity contribution is -0.115. The average molecular weight is 464 g/mol. The number of anilines is 1. The van der Waals surface area contributed by atoms with Gasteiger partial charge in [0.25, 0.3) is 0 Å². The number of carbonyl (C=O) groups excluding carboxylic acids is 1. The van der Waals surface area contributed by atoms with Gasteiger partial charge in [-0.2, -0.15) is 0 Å². The van der Waals surface area contributed by atoms with E-state index in [1.165, 1.54) is 11.8 Å². The van der Waals surface area contributed by atoms with Crippen LogP contribution >= 0.6 is 23.1 Å². The highest BCUT2D eigenvalue weighted by Crippen LogP contribution is 2.37. The normalized spacial score (nSPS) is 11.0. The molecule has 0 unspecified atom stereocenters. The van der Waals surface area contributed by atoms with Crippen molar-refractivity contribution in [1.29, 1.82) is 0 Å². The summed E-state index contributed by atoms with van der Waals surface area (Å²) in [6, 6.07) is 17.3. The molecule has 2 heterocycles. The molecule has 0 saturated heterocycles. The number of thiophene rings is 1. The monoisotopic (exact) mass is 463 g/mol. The van der Waals surface area contributed by atoms with Gasteiger partial charge in [-0.15, -0.1) is 11.3 Å². The number of aryl methyl sites for hydroxylation is 2. The zero-order chi connectivity index (χ0) is 22.8. The number of para-hydroxylation sites is 1. The van der Waals surface area contributed by atoms with Gasteiger partial charge in [0.15, 0.2) is 5.82 Å². The summed E-state index contributed by atoms with van der Waals surface area (Å²) in [4.78, 5) is 36.3. The maximum absolute atomic E-state index is 12.8. The lowest BCUT2D eigenvalue weighted by atomic mass is 10.1. The molecule has 2 aromatic heterocycles. The van der Waals surface area contributed by atoms with E-state index in [1.807, 2.05) is 61.5 Å². The number of carboxylic acids is 1. The van der Waals surface area contributed by atoms with Crippen LogP contribution in [0.25, 0.3) is 21.6 Å². The number of nitrogens with zero attached hydrogens (tertiary/aromatic N) is 3. The van der Waals surface area contributed by atoms with Crippen LogP contribution in [0, 0.1) is 13.8 Å². The molecule has 4 rings (SSSR count). The summed E-state index contributed by atoms with van der Waals surface area (Å²) >= 11 is 2.44. The van der Waals surface area contributed by atoms with Gasteiger partial charge in [0.05, 0.1) is 5.75 Å². The van der Waals surface area contributed by atoms with Crippen LogP contribution in [-0.2, 0) is 4.79 Å². The van der Waals surface area contributed by atoms with Gasteiger partial charge in [0.1, 0.15) is 14.7 Å². The zero-order valence-electron chi connectivity index (χ0n) is 17.8. The number of carbonyl (C=O) groups is 2. The average Bonchev–Trinajstić information content (AvgIpc) is 3.14. The third-order valence-corrected chi connectivity index (χ3v) is 7.24. The van der Waals surface area contributed by atoms with Gasteiger partial charge in [-0.05, 0) is 31.5 Å². The van der Waals surface area contributed by atoms with Crippen molar-refractivity contribution in [3.63, 3.8) is 0 Å². The molecular formula is C24H21N3O3S2. The maximum Gasteiger partial charge on any atom is 0.346 e. The number of thioether (sulfide) groups is 1. The molecule has 4 aromatic rings. The standard InChI is InChI=1S/C24H21N3O3S2/c1-14-9-11-16(12-10-14)21-25-22(19-15(2)20(24(29)30)32-23(19)26-21)31-13-18(28)27(3)17-7-5-4-6-8-17/h4-12H,13H2,1-3H3,(H,29,30). The molecule has 0 saturated carbocycles. The molecule has 2 aromatic carbocycles. The fraction of sp³-hybridized carbons (Fsp3) is 0.167. The molecule has 1 N–H and O–H groups in total. The molecule has 0 fully saturated rings. The second-order valence-electron chi connectivity index (χ2n) is 7.34. The van der Waals surface area contributed by atoms with Crippen LogP contribution in [-0.4, -0.2) is 39.8 Å². The molecule has 0 atom stereocenters. The lowest BCUT2D eigenvalue weighted by Crippen LogP contribution is -2.27. The van der Waals surface area contributed by atoms with Crippen LogP contribution in [0.3, 0.4) is 0 Å². The fourth-order valence-electron chi connectivity index (χ4n) is 3.26. The van der Waals surface area contributed by atoms with Crippen molar-refractivity contribution < 1.29 is 14.7 Å². The number of hydrogen-bond acceptors (Lipinski definition) is 6. The van der Waals surface area contributed by atoms with E-state index < -0.39 is 5.97 Å². The Labute approximate surface area is 193 Å². The minimum absolute atomic E-state index is 0.0730. The molecule has 8 heteroatoms. The fourth-order valence-corrected chi connectivity index (χ4v) is 5.35. The molecule has 162 valence electrons. The first-order valence-electron chi connectivity index (χ1n) is 9.91. The van der Waals surface area contributed by atoms with E-state index in [9.17, 15) is 14.7 Å². The molecule has 0 aliphatic rings. The van der Waals surface area contributed by atoms with E-state index in [4.69, 9.17) is 4.98 Å². The van der Waals surface area contributed by atoms with E-state index in [2.05, 4.69) is 4.98 Å². The highest BCUT2D eigenvalue weighted by Gasteiger charge is 2.22. The Morgan fingerprint density at radius 3 is 2.38 bits per heavy atom. The van der Waals surface area contributed by atoms with E-state index in [0.717, 1.165) is 28.2 Å². The largest absolute Gasteiger partial charge is 0.477 e. The number of aromatic nitrogens is 2. The van der Waals surface area contributed by atoms with Crippen LogP contribution in [0.2, 0.25) is 0 Å². The minimum Gasteiger partial charge on any atom is -0.477 e. The lowest BCUT2D eigenvalue weighted by Gasteiger charge is -2.17. The van der Waals surface area contributed by atoms with Crippen LogP contribution in [0.15, 0.2) is 59.6 Å². The first-order chi connectivity index (χ1) is 15.3. The Morgan fingerprint density at radius 1 is 1.03 bits per heavy atom. The van der Waals surface area contributed by atoms with Crippen molar-refractivity contribution in [3.8, 4) is 11.4 Å². The van der Waals surface area contributed by atoms with Gasteiger partial charge in [0.2, 0.25) is 5.91 Å². The van der Waals surface area contributed by atoms with Crippen molar-refractivity contribution in [2.75, 3.05) is 17.7 Å². The predicted octanol–water partition coefficient (Wildman–Crippen LogP) is 5.43. The number of aromatic carboxylic acids is 1. The molecule has 0 aliphatic heterocycles. The Kier molecular flexibility index (Phi) is 6.25. The van der Waals surface area contributed by atoms with Gasteiger partial charge >= 0.3 is 5.97 Å². The van der Waals surface area contributed by atoms with Crippen LogP contribution in [0.4, 0.5) is 5.69 Å².